The maximum absolute atomic E-state index is 11.9. The molecule has 0 fully saturated rings. The fraction of sp³-hybridized carbons (Fsp3) is 0.619. The zero-order chi connectivity index (χ0) is 20.7. The Hall–Kier alpha value is -2.08. The van der Waals surface area contributed by atoms with Crippen molar-refractivity contribution in [2.45, 2.75) is 52.4 Å². The highest BCUT2D eigenvalue weighted by Gasteiger charge is 2.23. The molecule has 0 aliphatic carbocycles. The molecule has 6 heteroatoms. The summed E-state index contributed by atoms with van der Waals surface area (Å²) in [6.07, 6.45) is 0. The molecule has 1 amide bonds. The van der Waals surface area contributed by atoms with Gasteiger partial charge in [-0.05, 0) is 28.0 Å². The van der Waals surface area contributed by atoms with E-state index < -0.39 is 5.97 Å². The molecule has 27 heavy (non-hydrogen) atoms. The second-order valence-electron chi connectivity index (χ2n) is 8.50. The summed E-state index contributed by atoms with van der Waals surface area (Å²) in [5.74, 6) is -0.307. The summed E-state index contributed by atoms with van der Waals surface area (Å²) >= 11 is 0. The van der Waals surface area contributed by atoms with Crippen molar-refractivity contribution in [3.8, 4) is 5.75 Å². The predicted octanol–water partition coefficient (Wildman–Crippen LogP) is 2.97. The lowest BCUT2D eigenvalue weighted by molar-refractivity contribution is -0.150. The molecule has 6 nitrogen and oxygen atoms in total. The van der Waals surface area contributed by atoms with Crippen molar-refractivity contribution < 1.29 is 23.8 Å². The first-order valence-corrected chi connectivity index (χ1v) is 9.14. The molecule has 1 aromatic carbocycles. The zero-order valence-electron chi connectivity index (χ0n) is 17.6. The number of amides is 1. The van der Waals surface area contributed by atoms with Crippen molar-refractivity contribution in [2.24, 2.45) is 0 Å². The van der Waals surface area contributed by atoms with E-state index in [4.69, 9.17) is 14.2 Å². The molecule has 1 rings (SSSR count). The number of methoxy groups -OCH3 is 1. The largest absolute Gasteiger partial charge is 0.482 e. The lowest BCUT2D eigenvalue weighted by atomic mass is 9.80. The van der Waals surface area contributed by atoms with Crippen molar-refractivity contribution in [3.05, 3.63) is 29.3 Å². The van der Waals surface area contributed by atoms with Gasteiger partial charge in [0.05, 0.1) is 6.61 Å². The molecule has 0 bridgehead atoms. The van der Waals surface area contributed by atoms with Gasteiger partial charge in [-0.15, -0.1) is 0 Å². The first kappa shape index (κ1) is 23.0. The van der Waals surface area contributed by atoms with Crippen LogP contribution in [0, 0.1) is 0 Å². The molecule has 0 aliphatic rings. The lowest BCUT2D eigenvalue weighted by Gasteiger charge is -2.27. The van der Waals surface area contributed by atoms with Gasteiger partial charge in [0, 0.05) is 13.7 Å². The second kappa shape index (κ2) is 9.74. The molecule has 0 spiro atoms. The summed E-state index contributed by atoms with van der Waals surface area (Å²) in [6.45, 7) is 13.0. The number of esters is 1. The van der Waals surface area contributed by atoms with E-state index in [1.54, 1.807) is 7.11 Å². The van der Waals surface area contributed by atoms with Gasteiger partial charge in [0.25, 0.3) is 5.91 Å². The minimum absolute atomic E-state index is 0.0215. The fourth-order valence-corrected chi connectivity index (χ4v) is 2.38. The van der Waals surface area contributed by atoms with Crippen LogP contribution in [0.4, 0.5) is 0 Å². The summed E-state index contributed by atoms with van der Waals surface area (Å²) in [5.41, 5.74) is 2.12. The van der Waals surface area contributed by atoms with E-state index >= 15 is 0 Å². The van der Waals surface area contributed by atoms with Crippen LogP contribution in [0.2, 0.25) is 0 Å². The van der Waals surface area contributed by atoms with E-state index in [0.717, 1.165) is 5.56 Å². The van der Waals surface area contributed by atoms with Crippen molar-refractivity contribution in [1.29, 1.82) is 0 Å². The van der Waals surface area contributed by atoms with Crippen molar-refractivity contribution in [3.63, 3.8) is 0 Å². The number of hydrogen-bond donors (Lipinski definition) is 1. The van der Waals surface area contributed by atoms with Crippen LogP contribution >= 0.6 is 0 Å². The van der Waals surface area contributed by atoms with Gasteiger partial charge in [-0.1, -0.05) is 53.7 Å². The smallest absolute Gasteiger partial charge is 0.344 e. The third-order valence-electron chi connectivity index (χ3n) is 3.99. The van der Waals surface area contributed by atoms with Crippen molar-refractivity contribution in [1.82, 2.24) is 5.32 Å². The van der Waals surface area contributed by atoms with Gasteiger partial charge in [0.2, 0.25) is 0 Å². The quantitative estimate of drug-likeness (QED) is 0.555. The average Bonchev–Trinajstić information content (AvgIpc) is 2.56. The van der Waals surface area contributed by atoms with Crippen LogP contribution in [0.3, 0.4) is 0 Å². The normalized spacial score (nSPS) is 11.8. The first-order chi connectivity index (χ1) is 12.4. The highest BCUT2D eigenvalue weighted by atomic mass is 16.6. The van der Waals surface area contributed by atoms with Crippen LogP contribution in [-0.2, 0) is 29.9 Å². The van der Waals surface area contributed by atoms with Crippen LogP contribution < -0.4 is 10.1 Å². The second-order valence-corrected chi connectivity index (χ2v) is 8.50. The minimum Gasteiger partial charge on any atom is -0.482 e. The molecule has 0 heterocycles. The Morgan fingerprint density at radius 2 is 1.67 bits per heavy atom. The molecule has 0 saturated heterocycles. The van der Waals surface area contributed by atoms with Gasteiger partial charge in [-0.25, -0.2) is 4.79 Å². The first-order valence-electron chi connectivity index (χ1n) is 9.14. The molecule has 0 radical (unpaired) electrons. The molecule has 0 aliphatic heterocycles. The lowest BCUT2D eigenvalue weighted by Crippen LogP contribution is -2.32. The summed E-state index contributed by atoms with van der Waals surface area (Å²) in [7, 11) is 1.55. The maximum Gasteiger partial charge on any atom is 0.344 e. The van der Waals surface area contributed by atoms with Gasteiger partial charge < -0.3 is 19.5 Å². The molecule has 1 N–H and O–H groups in total. The number of carbonyl (C=O) groups excluding carboxylic acids is 2. The number of benzene rings is 1. The molecule has 0 saturated carbocycles. The number of nitrogens with one attached hydrogen (secondary N) is 1. The van der Waals surface area contributed by atoms with Crippen LogP contribution in [0.5, 0.6) is 5.75 Å². The maximum atomic E-state index is 11.9. The monoisotopic (exact) mass is 379 g/mol. The zero-order valence-corrected chi connectivity index (χ0v) is 17.6. The SMILES string of the molecule is COCCNC(=O)COC(=O)COc1ccc(C(C)(C)C)cc1C(C)(C)C. The Bertz CT molecular complexity index is 641. The number of carbonyl (C=O) groups is 2. The summed E-state index contributed by atoms with van der Waals surface area (Å²) < 4.78 is 15.5. The summed E-state index contributed by atoms with van der Waals surface area (Å²) in [5, 5.41) is 2.58. The number of ether oxygens (including phenoxy) is 3. The summed E-state index contributed by atoms with van der Waals surface area (Å²) in [6, 6.07) is 6.04. The van der Waals surface area contributed by atoms with Crippen molar-refractivity contribution in [2.75, 3.05) is 33.5 Å². The molecule has 0 unspecified atom stereocenters. The van der Waals surface area contributed by atoms with E-state index in [-0.39, 0.29) is 30.0 Å². The van der Waals surface area contributed by atoms with Crippen molar-refractivity contribution >= 4 is 11.9 Å². The van der Waals surface area contributed by atoms with E-state index in [9.17, 15) is 9.59 Å². The Morgan fingerprint density at radius 1 is 1.00 bits per heavy atom. The Balaban J connectivity index is 2.68. The van der Waals surface area contributed by atoms with Gasteiger partial charge in [-0.3, -0.25) is 4.79 Å². The average molecular weight is 379 g/mol. The Labute approximate surface area is 162 Å². The van der Waals surface area contributed by atoms with E-state index in [1.807, 2.05) is 12.1 Å². The topological polar surface area (TPSA) is 73.9 Å². The van der Waals surface area contributed by atoms with Crippen LogP contribution in [0.15, 0.2) is 18.2 Å². The Morgan fingerprint density at radius 3 is 2.22 bits per heavy atom. The van der Waals surface area contributed by atoms with Crippen LogP contribution in [0.1, 0.15) is 52.7 Å². The molecule has 1 aromatic rings. The van der Waals surface area contributed by atoms with E-state index in [1.165, 1.54) is 5.56 Å². The molecule has 152 valence electrons. The highest BCUT2D eigenvalue weighted by molar-refractivity contribution is 5.80. The third kappa shape index (κ3) is 7.99. The van der Waals surface area contributed by atoms with Gasteiger partial charge in [0.15, 0.2) is 13.2 Å². The van der Waals surface area contributed by atoms with Gasteiger partial charge in [0.1, 0.15) is 5.75 Å². The third-order valence-corrected chi connectivity index (χ3v) is 3.99. The van der Waals surface area contributed by atoms with Gasteiger partial charge >= 0.3 is 5.97 Å². The molecular formula is C21H33NO5. The predicted molar refractivity (Wildman–Crippen MR) is 105 cm³/mol. The van der Waals surface area contributed by atoms with Crippen LogP contribution in [0.25, 0.3) is 0 Å². The minimum atomic E-state index is -0.586. The highest BCUT2D eigenvalue weighted by Crippen LogP contribution is 2.35. The molecule has 0 atom stereocenters. The number of hydrogen-bond acceptors (Lipinski definition) is 5. The summed E-state index contributed by atoms with van der Waals surface area (Å²) in [4.78, 5) is 23.4. The van der Waals surface area contributed by atoms with E-state index in [2.05, 4.69) is 52.9 Å². The molecular weight excluding hydrogens is 346 g/mol. The van der Waals surface area contributed by atoms with E-state index in [0.29, 0.717) is 18.9 Å². The van der Waals surface area contributed by atoms with Crippen LogP contribution in [-0.4, -0.2) is 45.4 Å². The van der Waals surface area contributed by atoms with Gasteiger partial charge in [-0.2, -0.15) is 0 Å². The standard InChI is InChI=1S/C21H33NO5/c1-20(2,3)15-8-9-17(16(12-15)21(4,5)6)26-14-19(24)27-13-18(23)22-10-11-25-7/h8-9,12H,10-11,13-14H2,1-7H3,(H,22,23). The molecule has 0 aromatic heterocycles. The Kier molecular flexibility index (Phi) is 8.28. The fourth-order valence-electron chi connectivity index (χ4n) is 2.38. The number of rotatable bonds is 8.